The number of rotatable bonds is 10. The highest BCUT2D eigenvalue weighted by atomic mass is 35.5. The van der Waals surface area contributed by atoms with Crippen LogP contribution in [0.3, 0.4) is 0 Å². The first-order valence-corrected chi connectivity index (χ1v) is 8.79. The van der Waals surface area contributed by atoms with Gasteiger partial charge in [0.15, 0.2) is 0 Å². The van der Waals surface area contributed by atoms with Crippen LogP contribution in [0.5, 0.6) is 0 Å². The molecule has 1 unspecified atom stereocenters. The minimum absolute atomic E-state index is 0. The fraction of sp³-hybridized carbons (Fsp3) is 0.474. The molecule has 162 valence electrons. The first-order valence-electron chi connectivity index (χ1n) is 8.79. The van der Waals surface area contributed by atoms with Crippen molar-refractivity contribution in [3.8, 4) is 0 Å². The average molecular weight is 431 g/mol. The molecule has 0 spiro atoms. The maximum absolute atomic E-state index is 12.1. The number of carbonyl (C=O) groups excluding carboxylic acids is 3. The average Bonchev–Trinajstić information content (AvgIpc) is 2.66. The second kappa shape index (κ2) is 12.9. The molecule has 3 atom stereocenters. The fourth-order valence-corrected chi connectivity index (χ4v) is 2.48. The van der Waals surface area contributed by atoms with Gasteiger partial charge in [-0.1, -0.05) is 32.0 Å². The summed E-state index contributed by atoms with van der Waals surface area (Å²) in [6, 6.07) is 4.35. The van der Waals surface area contributed by atoms with Crippen LogP contribution < -0.4 is 11.1 Å². The molecule has 0 radical (unpaired) electrons. The maximum atomic E-state index is 12.1. The zero-order chi connectivity index (χ0) is 21.3. The van der Waals surface area contributed by atoms with E-state index in [4.69, 9.17) is 10.5 Å². The highest BCUT2D eigenvalue weighted by molar-refractivity contribution is 5.98. The highest BCUT2D eigenvalue weighted by Crippen LogP contribution is 2.10. The van der Waals surface area contributed by atoms with Crippen molar-refractivity contribution in [2.75, 3.05) is 7.11 Å². The smallest absolute Gasteiger partial charge is 0.345 e. The van der Waals surface area contributed by atoms with Gasteiger partial charge in [-0.05, 0) is 30.9 Å². The Morgan fingerprint density at radius 3 is 2.10 bits per heavy atom. The molecular formula is C19H27ClN2O7. The van der Waals surface area contributed by atoms with E-state index in [0.717, 1.165) is 7.11 Å². The summed E-state index contributed by atoms with van der Waals surface area (Å²) in [5.41, 5.74) is 5.94. The summed E-state index contributed by atoms with van der Waals surface area (Å²) in [7, 11) is 1.14. The van der Waals surface area contributed by atoms with E-state index in [1.54, 1.807) is 18.2 Å². The van der Waals surface area contributed by atoms with Crippen LogP contribution in [0.2, 0.25) is 0 Å². The minimum Gasteiger partial charge on any atom is -0.480 e. The molecule has 0 aromatic heterocycles. The number of ether oxygens (including phenoxy) is 2. The molecule has 0 aliphatic carbocycles. The van der Waals surface area contributed by atoms with Gasteiger partial charge in [-0.25, -0.2) is 9.59 Å². The summed E-state index contributed by atoms with van der Waals surface area (Å²) < 4.78 is 9.39. The van der Waals surface area contributed by atoms with Crippen molar-refractivity contribution >= 4 is 36.3 Å². The summed E-state index contributed by atoms with van der Waals surface area (Å²) in [5.74, 6) is -3.76. The molecule has 1 aromatic rings. The summed E-state index contributed by atoms with van der Waals surface area (Å²) in [6.07, 6.45) is -0.0372. The van der Waals surface area contributed by atoms with E-state index >= 15 is 0 Å². The topological polar surface area (TPSA) is 145 Å². The number of esters is 3. The molecular weight excluding hydrogens is 404 g/mol. The molecule has 9 nitrogen and oxygen atoms in total. The lowest BCUT2D eigenvalue weighted by Gasteiger charge is -2.24. The van der Waals surface area contributed by atoms with Crippen molar-refractivity contribution in [1.29, 1.82) is 0 Å². The Bertz CT molecular complexity index is 697. The first-order chi connectivity index (χ1) is 13.1. The fourth-order valence-electron chi connectivity index (χ4n) is 2.48. The van der Waals surface area contributed by atoms with Crippen LogP contribution in [-0.2, 0) is 23.9 Å². The Balaban J connectivity index is 0.00000784. The van der Waals surface area contributed by atoms with Gasteiger partial charge >= 0.3 is 23.9 Å². The van der Waals surface area contributed by atoms with E-state index in [2.05, 4.69) is 10.1 Å². The van der Waals surface area contributed by atoms with Gasteiger partial charge < -0.3 is 20.3 Å². The van der Waals surface area contributed by atoms with Gasteiger partial charge in [-0.2, -0.15) is 0 Å². The Morgan fingerprint density at radius 1 is 1.03 bits per heavy atom. The number of nitrogens with two attached hydrogens (primary N) is 1. The number of halogens is 1. The summed E-state index contributed by atoms with van der Waals surface area (Å²) >= 11 is 0. The molecule has 1 aromatic carbocycles. The van der Waals surface area contributed by atoms with E-state index < -0.39 is 42.0 Å². The lowest BCUT2D eigenvalue weighted by atomic mass is 10.0. The van der Waals surface area contributed by atoms with Crippen molar-refractivity contribution in [2.24, 2.45) is 11.7 Å². The number of aliphatic carboxylic acids is 1. The van der Waals surface area contributed by atoms with Crippen molar-refractivity contribution in [3.05, 3.63) is 35.9 Å². The van der Waals surface area contributed by atoms with Crippen molar-refractivity contribution in [1.82, 2.24) is 5.32 Å². The van der Waals surface area contributed by atoms with Crippen molar-refractivity contribution in [2.45, 2.75) is 44.8 Å². The third-order valence-corrected chi connectivity index (χ3v) is 3.89. The van der Waals surface area contributed by atoms with E-state index in [-0.39, 0.29) is 36.7 Å². The predicted molar refractivity (Wildman–Crippen MR) is 107 cm³/mol. The molecule has 0 bridgehead atoms. The normalized spacial score (nSPS) is 13.6. The van der Waals surface area contributed by atoms with Crippen LogP contribution in [0, 0.1) is 5.92 Å². The van der Waals surface area contributed by atoms with E-state index in [9.17, 15) is 24.3 Å². The summed E-state index contributed by atoms with van der Waals surface area (Å²) in [6.45, 7) is 3.67. The van der Waals surface area contributed by atoms with E-state index in [1.165, 1.54) is 12.1 Å². The van der Waals surface area contributed by atoms with Crippen LogP contribution >= 0.6 is 12.4 Å². The number of hydrogen-bond donors (Lipinski definition) is 3. The molecule has 0 saturated carbocycles. The van der Waals surface area contributed by atoms with Gasteiger partial charge in [0.2, 0.25) is 0 Å². The minimum atomic E-state index is -1.34. The maximum Gasteiger partial charge on any atom is 0.345 e. The van der Waals surface area contributed by atoms with Gasteiger partial charge in [0, 0.05) is 0 Å². The molecule has 0 fully saturated rings. The molecule has 1 rings (SSSR count). The number of carbonyl (C=O) groups is 4. The predicted octanol–water partition coefficient (Wildman–Crippen LogP) is 1.14. The monoisotopic (exact) mass is 430 g/mol. The number of methoxy groups -OCH3 is 1. The van der Waals surface area contributed by atoms with Crippen LogP contribution in [-0.4, -0.2) is 54.2 Å². The largest absolute Gasteiger partial charge is 0.480 e. The quantitative estimate of drug-likeness (QED) is 0.367. The summed E-state index contributed by atoms with van der Waals surface area (Å²) in [5, 5.41) is 12.0. The van der Waals surface area contributed by atoms with Gasteiger partial charge in [0.1, 0.15) is 18.1 Å². The second-order valence-corrected chi connectivity index (χ2v) is 6.68. The molecule has 29 heavy (non-hydrogen) atoms. The first kappa shape index (κ1) is 26.5. The molecule has 10 heteroatoms. The third-order valence-electron chi connectivity index (χ3n) is 3.89. The van der Waals surface area contributed by atoms with Crippen LogP contribution in [0.4, 0.5) is 0 Å². The van der Waals surface area contributed by atoms with Gasteiger partial charge in [-0.3, -0.25) is 14.9 Å². The van der Waals surface area contributed by atoms with Crippen LogP contribution in [0.15, 0.2) is 30.3 Å². The lowest BCUT2D eigenvalue weighted by Crippen LogP contribution is -2.51. The van der Waals surface area contributed by atoms with Crippen molar-refractivity contribution < 1.29 is 33.8 Å². The number of nitrogens with one attached hydrogen (secondary N) is 1. The number of carboxylic acids is 1. The summed E-state index contributed by atoms with van der Waals surface area (Å²) in [4.78, 5) is 47.5. The molecule has 0 aliphatic rings. The molecule has 0 amide bonds. The Hall–Kier alpha value is -2.49. The lowest BCUT2D eigenvalue weighted by molar-refractivity contribution is -0.146. The molecule has 4 N–H and O–H groups in total. The van der Waals surface area contributed by atoms with Gasteiger partial charge in [-0.15, -0.1) is 12.4 Å². The second-order valence-electron chi connectivity index (χ2n) is 6.68. The Morgan fingerprint density at radius 2 is 1.62 bits per heavy atom. The highest BCUT2D eigenvalue weighted by Gasteiger charge is 2.32. The molecule has 0 aliphatic heterocycles. The Labute approximate surface area is 175 Å². The van der Waals surface area contributed by atoms with Crippen molar-refractivity contribution in [3.63, 3.8) is 0 Å². The zero-order valence-corrected chi connectivity index (χ0v) is 17.3. The van der Waals surface area contributed by atoms with Gasteiger partial charge in [0.25, 0.3) is 0 Å². The molecule has 0 heterocycles. The Kier molecular flexibility index (Phi) is 11.8. The van der Waals surface area contributed by atoms with Crippen LogP contribution in [0.1, 0.15) is 37.0 Å². The number of hydrogen-bond acceptors (Lipinski definition) is 8. The van der Waals surface area contributed by atoms with Gasteiger partial charge in [0.05, 0.1) is 12.7 Å². The van der Waals surface area contributed by atoms with E-state index in [1.807, 2.05) is 13.8 Å². The number of benzene rings is 1. The zero-order valence-electron chi connectivity index (χ0n) is 16.5. The third kappa shape index (κ3) is 9.03. The SMILES string of the molecule is COC(=O)C(C[C@@H](N)C(=O)OC(=O)c1ccccc1)N[C@@H](CC(C)C)C(=O)O.Cl. The molecule has 0 saturated heterocycles. The van der Waals surface area contributed by atoms with Crippen LogP contribution in [0.25, 0.3) is 0 Å². The number of carboxylic acid groups (broad SMARTS) is 1. The standard InChI is InChI=1S/C19H26N2O7.ClH/c1-11(2)9-14(16(22)23)21-15(19(26)27-3)10-13(20)18(25)28-17(24)12-7-5-4-6-8-12;/h4-8,11,13-15,21H,9-10,20H2,1-3H3,(H,22,23);1H/t13-,14+,15?;/m1./s1. The van der Waals surface area contributed by atoms with E-state index in [0.29, 0.717) is 0 Å².